The van der Waals surface area contributed by atoms with Gasteiger partial charge >= 0.3 is 0 Å². The molecule has 0 aliphatic heterocycles. The minimum absolute atomic E-state index is 0.00715. The predicted molar refractivity (Wildman–Crippen MR) is 69.3 cm³/mol. The number of aromatic nitrogens is 1. The number of halogens is 1. The SMILES string of the molecule is CCOCCCNC(=O)c1cc([N+](=O)[O-])cnc1Cl. The van der Waals surface area contributed by atoms with Gasteiger partial charge in [-0.1, -0.05) is 11.6 Å². The molecule has 8 heteroatoms. The van der Waals surface area contributed by atoms with Crippen molar-refractivity contribution in [3.05, 3.63) is 33.1 Å². The average Bonchev–Trinajstić information content (AvgIpc) is 2.38. The lowest BCUT2D eigenvalue weighted by Gasteiger charge is -2.06. The van der Waals surface area contributed by atoms with Crippen molar-refractivity contribution in [2.75, 3.05) is 19.8 Å². The third-order valence-corrected chi connectivity index (χ3v) is 2.54. The van der Waals surface area contributed by atoms with Crippen LogP contribution in [-0.2, 0) is 4.74 Å². The van der Waals surface area contributed by atoms with E-state index in [9.17, 15) is 14.9 Å². The van der Waals surface area contributed by atoms with Gasteiger partial charge in [-0.3, -0.25) is 14.9 Å². The number of hydrogen-bond acceptors (Lipinski definition) is 5. The molecule has 1 rings (SSSR count). The normalized spacial score (nSPS) is 10.2. The van der Waals surface area contributed by atoms with Crippen LogP contribution in [0.25, 0.3) is 0 Å². The van der Waals surface area contributed by atoms with Crippen LogP contribution in [0, 0.1) is 10.1 Å². The highest BCUT2D eigenvalue weighted by Crippen LogP contribution is 2.18. The third kappa shape index (κ3) is 4.80. The molecule has 1 amide bonds. The second-order valence-electron chi connectivity index (χ2n) is 3.60. The molecular formula is C11H14ClN3O4. The first-order valence-corrected chi connectivity index (χ1v) is 6.10. The van der Waals surface area contributed by atoms with Gasteiger partial charge in [-0.05, 0) is 13.3 Å². The summed E-state index contributed by atoms with van der Waals surface area (Å²) in [5.74, 6) is -0.488. The average molecular weight is 288 g/mol. The van der Waals surface area contributed by atoms with Gasteiger partial charge in [0.1, 0.15) is 11.3 Å². The molecule has 1 aromatic rings. The van der Waals surface area contributed by atoms with Gasteiger partial charge in [-0.2, -0.15) is 0 Å². The fourth-order valence-electron chi connectivity index (χ4n) is 1.31. The Morgan fingerprint density at radius 2 is 2.37 bits per heavy atom. The summed E-state index contributed by atoms with van der Waals surface area (Å²) in [6, 6.07) is 1.10. The maximum absolute atomic E-state index is 11.8. The molecule has 0 saturated carbocycles. The highest BCUT2D eigenvalue weighted by Gasteiger charge is 2.16. The zero-order chi connectivity index (χ0) is 14.3. The number of nitro groups is 1. The number of rotatable bonds is 7. The van der Waals surface area contributed by atoms with Crippen molar-refractivity contribution in [2.24, 2.45) is 0 Å². The van der Waals surface area contributed by atoms with Gasteiger partial charge in [0, 0.05) is 25.8 Å². The van der Waals surface area contributed by atoms with E-state index in [1.807, 2.05) is 6.92 Å². The van der Waals surface area contributed by atoms with Crippen LogP contribution in [0.2, 0.25) is 5.15 Å². The van der Waals surface area contributed by atoms with E-state index in [0.29, 0.717) is 26.2 Å². The lowest BCUT2D eigenvalue weighted by atomic mass is 10.2. The van der Waals surface area contributed by atoms with Gasteiger partial charge in [0.25, 0.3) is 11.6 Å². The highest BCUT2D eigenvalue weighted by molar-refractivity contribution is 6.32. The molecule has 104 valence electrons. The molecule has 0 fully saturated rings. The van der Waals surface area contributed by atoms with Crippen LogP contribution < -0.4 is 5.32 Å². The lowest BCUT2D eigenvalue weighted by molar-refractivity contribution is -0.385. The molecule has 7 nitrogen and oxygen atoms in total. The van der Waals surface area contributed by atoms with Crippen LogP contribution in [0.1, 0.15) is 23.7 Å². The second kappa shape index (κ2) is 7.65. The number of hydrogen-bond donors (Lipinski definition) is 1. The van der Waals surface area contributed by atoms with Crippen LogP contribution in [0.3, 0.4) is 0 Å². The number of ether oxygens (including phenoxy) is 1. The maximum atomic E-state index is 11.8. The minimum atomic E-state index is -0.630. The second-order valence-corrected chi connectivity index (χ2v) is 3.95. The van der Waals surface area contributed by atoms with Crippen molar-refractivity contribution >= 4 is 23.2 Å². The van der Waals surface area contributed by atoms with Crippen molar-refractivity contribution in [2.45, 2.75) is 13.3 Å². The summed E-state index contributed by atoms with van der Waals surface area (Å²) in [6.07, 6.45) is 1.66. The molecule has 1 aromatic heterocycles. The van der Waals surface area contributed by atoms with E-state index >= 15 is 0 Å². The number of amides is 1. The Morgan fingerprint density at radius 1 is 1.63 bits per heavy atom. The van der Waals surface area contributed by atoms with E-state index in [0.717, 1.165) is 12.3 Å². The molecule has 19 heavy (non-hydrogen) atoms. The van der Waals surface area contributed by atoms with E-state index in [-0.39, 0.29) is 16.4 Å². The smallest absolute Gasteiger partial charge is 0.288 e. The monoisotopic (exact) mass is 287 g/mol. The maximum Gasteiger partial charge on any atom is 0.288 e. The fourth-order valence-corrected chi connectivity index (χ4v) is 1.50. The van der Waals surface area contributed by atoms with Crippen molar-refractivity contribution in [3.63, 3.8) is 0 Å². The van der Waals surface area contributed by atoms with Gasteiger partial charge in [0.2, 0.25) is 0 Å². The number of carbonyl (C=O) groups is 1. The Morgan fingerprint density at radius 3 is 3.00 bits per heavy atom. The lowest BCUT2D eigenvalue weighted by Crippen LogP contribution is -2.25. The number of nitrogens with one attached hydrogen (secondary N) is 1. The van der Waals surface area contributed by atoms with E-state index in [1.54, 1.807) is 0 Å². The molecule has 0 unspecified atom stereocenters. The molecule has 0 aliphatic carbocycles. The molecule has 1 heterocycles. The van der Waals surface area contributed by atoms with E-state index in [2.05, 4.69) is 10.3 Å². The van der Waals surface area contributed by atoms with Crippen LogP contribution in [0.5, 0.6) is 0 Å². The van der Waals surface area contributed by atoms with Gasteiger partial charge in [0.05, 0.1) is 10.5 Å². The first kappa shape index (κ1) is 15.3. The summed E-state index contributed by atoms with van der Waals surface area (Å²) >= 11 is 5.74. The summed E-state index contributed by atoms with van der Waals surface area (Å²) in [5.41, 5.74) is -0.281. The van der Waals surface area contributed by atoms with Crippen molar-refractivity contribution in [1.82, 2.24) is 10.3 Å². The fraction of sp³-hybridized carbons (Fsp3) is 0.455. The first-order chi connectivity index (χ1) is 9.06. The third-order valence-electron chi connectivity index (χ3n) is 2.24. The Kier molecular flexibility index (Phi) is 6.17. The van der Waals surface area contributed by atoms with E-state index < -0.39 is 10.8 Å². The van der Waals surface area contributed by atoms with Crippen LogP contribution in [-0.4, -0.2) is 35.6 Å². The molecule has 1 N–H and O–H groups in total. The predicted octanol–water partition coefficient (Wildman–Crippen LogP) is 1.80. The molecule has 0 atom stereocenters. The minimum Gasteiger partial charge on any atom is -0.382 e. The largest absolute Gasteiger partial charge is 0.382 e. The Bertz CT molecular complexity index is 467. The molecule has 0 bridgehead atoms. The van der Waals surface area contributed by atoms with Crippen molar-refractivity contribution < 1.29 is 14.5 Å². The van der Waals surface area contributed by atoms with Crippen molar-refractivity contribution in [3.8, 4) is 0 Å². The first-order valence-electron chi connectivity index (χ1n) is 5.72. The number of pyridine rings is 1. The quantitative estimate of drug-likeness (QED) is 0.357. The molecule has 0 saturated heterocycles. The summed E-state index contributed by atoms with van der Waals surface area (Å²) in [7, 11) is 0. The van der Waals surface area contributed by atoms with Crippen LogP contribution in [0.15, 0.2) is 12.3 Å². The summed E-state index contributed by atoms with van der Waals surface area (Å²) in [6.45, 7) is 3.44. The van der Waals surface area contributed by atoms with E-state index in [4.69, 9.17) is 16.3 Å². The molecule has 0 aromatic carbocycles. The van der Waals surface area contributed by atoms with Crippen molar-refractivity contribution in [1.29, 1.82) is 0 Å². The molecule has 0 spiro atoms. The molecule has 0 aliphatic rings. The number of carbonyl (C=O) groups excluding carboxylic acids is 1. The topological polar surface area (TPSA) is 94.4 Å². The number of nitrogens with zero attached hydrogens (tertiary/aromatic N) is 2. The molecular weight excluding hydrogens is 274 g/mol. The summed E-state index contributed by atoms with van der Waals surface area (Å²) in [4.78, 5) is 25.4. The van der Waals surface area contributed by atoms with Gasteiger partial charge in [0.15, 0.2) is 0 Å². The summed E-state index contributed by atoms with van der Waals surface area (Å²) in [5, 5.41) is 13.1. The standard InChI is InChI=1S/C11H14ClN3O4/c1-2-19-5-3-4-13-11(16)9-6-8(15(17)18)7-14-10(9)12/h6-7H,2-5H2,1H3,(H,13,16). The van der Waals surface area contributed by atoms with Gasteiger partial charge in [-0.15, -0.1) is 0 Å². The zero-order valence-electron chi connectivity index (χ0n) is 10.4. The van der Waals surface area contributed by atoms with E-state index in [1.165, 1.54) is 0 Å². The Labute approximate surface area is 115 Å². The van der Waals surface area contributed by atoms with Gasteiger partial charge in [-0.25, -0.2) is 4.98 Å². The zero-order valence-corrected chi connectivity index (χ0v) is 11.1. The van der Waals surface area contributed by atoms with Gasteiger partial charge < -0.3 is 10.1 Å². The summed E-state index contributed by atoms with van der Waals surface area (Å²) < 4.78 is 5.12. The van der Waals surface area contributed by atoms with Crippen LogP contribution >= 0.6 is 11.6 Å². The van der Waals surface area contributed by atoms with Crippen LogP contribution in [0.4, 0.5) is 5.69 Å². The Balaban J connectivity index is 2.61. The highest BCUT2D eigenvalue weighted by atomic mass is 35.5. The Hall–Kier alpha value is -1.73. The molecule has 0 radical (unpaired) electrons.